The Balaban J connectivity index is 1.94. The Morgan fingerprint density at radius 2 is 1.70 bits per heavy atom. The highest BCUT2D eigenvalue weighted by atomic mass is 16.6. The van der Waals surface area contributed by atoms with Gasteiger partial charge in [-0.25, -0.2) is 0 Å². The van der Waals surface area contributed by atoms with Crippen molar-refractivity contribution in [1.29, 1.82) is 0 Å². The van der Waals surface area contributed by atoms with Gasteiger partial charge in [-0.1, -0.05) is 30.3 Å². The van der Waals surface area contributed by atoms with Crippen LogP contribution >= 0.6 is 0 Å². The van der Waals surface area contributed by atoms with E-state index in [1.807, 2.05) is 50.8 Å². The van der Waals surface area contributed by atoms with Crippen molar-refractivity contribution in [3.63, 3.8) is 0 Å². The Kier molecular flexibility index (Phi) is 3.62. The quantitative estimate of drug-likeness (QED) is 0.804. The predicted octanol–water partition coefficient (Wildman–Crippen LogP) is 3.15. The molecule has 3 rings (SSSR count). The molecule has 23 heavy (non-hydrogen) atoms. The average Bonchev–Trinajstić information content (AvgIpc) is 3.00. The first kappa shape index (κ1) is 16.5. The number of ether oxygens (including phenoxy) is 2. The van der Waals surface area contributed by atoms with Crippen LogP contribution in [0.1, 0.15) is 47.1 Å². The molecule has 0 spiro atoms. The molecule has 2 aliphatic rings. The molecule has 2 aliphatic heterocycles. The molecular formula is C19H27NO3. The second-order valence-electron chi connectivity index (χ2n) is 7.90. The fourth-order valence-electron chi connectivity index (χ4n) is 3.80. The molecular weight excluding hydrogens is 290 g/mol. The molecule has 0 radical (unpaired) electrons. The van der Waals surface area contributed by atoms with Gasteiger partial charge >= 0.3 is 0 Å². The first-order chi connectivity index (χ1) is 10.6. The molecule has 1 aromatic carbocycles. The molecule has 126 valence electrons. The van der Waals surface area contributed by atoms with Crippen LogP contribution in [0, 0.1) is 0 Å². The number of hydrogen-bond acceptors (Lipinski definition) is 3. The minimum absolute atomic E-state index is 0.0272. The van der Waals surface area contributed by atoms with E-state index in [4.69, 9.17) is 9.47 Å². The molecule has 0 unspecified atom stereocenters. The maximum Gasteiger partial charge on any atom is 0.259 e. The lowest BCUT2D eigenvalue weighted by Crippen LogP contribution is -2.54. The lowest BCUT2D eigenvalue weighted by Gasteiger charge is -2.35. The number of nitrogens with zero attached hydrogens (tertiary/aromatic N) is 1. The molecule has 0 N–H and O–H groups in total. The van der Waals surface area contributed by atoms with E-state index in [0.717, 1.165) is 6.42 Å². The lowest BCUT2D eigenvalue weighted by molar-refractivity contribution is -0.154. The second kappa shape index (κ2) is 5.05. The van der Waals surface area contributed by atoms with Crippen LogP contribution in [0.25, 0.3) is 0 Å². The maximum absolute atomic E-state index is 13.2. The molecule has 1 aromatic rings. The van der Waals surface area contributed by atoms with Gasteiger partial charge in [-0.05, 0) is 53.5 Å². The van der Waals surface area contributed by atoms with E-state index in [2.05, 4.69) is 26.0 Å². The van der Waals surface area contributed by atoms with Crippen LogP contribution in [0.5, 0.6) is 0 Å². The average molecular weight is 317 g/mol. The van der Waals surface area contributed by atoms with Gasteiger partial charge in [0.05, 0.1) is 17.7 Å². The number of hydrogen-bond donors (Lipinski definition) is 0. The van der Waals surface area contributed by atoms with Gasteiger partial charge in [0.25, 0.3) is 5.91 Å². The van der Waals surface area contributed by atoms with Crippen molar-refractivity contribution in [3.8, 4) is 0 Å². The van der Waals surface area contributed by atoms with E-state index in [9.17, 15) is 4.79 Å². The minimum Gasteiger partial charge on any atom is -0.356 e. The molecule has 2 heterocycles. The van der Waals surface area contributed by atoms with Gasteiger partial charge in [-0.2, -0.15) is 0 Å². The Bertz CT molecular complexity index is 610. The highest BCUT2D eigenvalue weighted by Gasteiger charge is 2.63. The lowest BCUT2D eigenvalue weighted by atomic mass is 9.90. The summed E-state index contributed by atoms with van der Waals surface area (Å²) < 4.78 is 11.9. The number of amides is 1. The summed E-state index contributed by atoms with van der Waals surface area (Å²) in [4.78, 5) is 15.1. The highest BCUT2D eigenvalue weighted by molar-refractivity contribution is 5.89. The summed E-state index contributed by atoms with van der Waals surface area (Å²) in [6.07, 6.45) is 0.736. The SMILES string of the molecule is C[C@@H]1O[C@@]1(C)C(=O)N1[C@@H](Cc2ccccc2)C(C)(C)OC1(C)C. The zero-order valence-electron chi connectivity index (χ0n) is 14.9. The van der Waals surface area contributed by atoms with Crippen molar-refractivity contribution in [3.05, 3.63) is 35.9 Å². The van der Waals surface area contributed by atoms with Crippen molar-refractivity contribution >= 4 is 5.91 Å². The third kappa shape index (κ3) is 2.68. The minimum atomic E-state index is -0.712. The predicted molar refractivity (Wildman–Crippen MR) is 89.0 cm³/mol. The topological polar surface area (TPSA) is 42.1 Å². The number of epoxide rings is 1. The van der Waals surface area contributed by atoms with Crippen molar-refractivity contribution in [2.45, 2.75) is 77.0 Å². The van der Waals surface area contributed by atoms with Crippen molar-refractivity contribution in [1.82, 2.24) is 4.90 Å². The van der Waals surface area contributed by atoms with Crippen LogP contribution in [-0.4, -0.2) is 39.9 Å². The van der Waals surface area contributed by atoms with Gasteiger partial charge in [0.1, 0.15) is 5.72 Å². The molecule has 4 nitrogen and oxygen atoms in total. The van der Waals surface area contributed by atoms with Crippen molar-refractivity contribution in [2.75, 3.05) is 0 Å². The molecule has 0 aliphatic carbocycles. The zero-order chi connectivity index (χ0) is 17.0. The van der Waals surface area contributed by atoms with Gasteiger partial charge in [0, 0.05) is 0 Å². The maximum atomic E-state index is 13.2. The Morgan fingerprint density at radius 3 is 2.22 bits per heavy atom. The summed E-state index contributed by atoms with van der Waals surface area (Å²) >= 11 is 0. The van der Waals surface area contributed by atoms with E-state index >= 15 is 0 Å². The third-order valence-corrected chi connectivity index (χ3v) is 5.26. The van der Waals surface area contributed by atoms with Crippen LogP contribution in [0.15, 0.2) is 30.3 Å². The molecule has 0 bridgehead atoms. The van der Waals surface area contributed by atoms with E-state index in [1.54, 1.807) is 0 Å². The van der Waals surface area contributed by atoms with E-state index in [1.165, 1.54) is 5.56 Å². The van der Waals surface area contributed by atoms with Gasteiger partial charge in [-0.15, -0.1) is 0 Å². The van der Waals surface area contributed by atoms with Gasteiger partial charge in [0.15, 0.2) is 5.60 Å². The number of carbonyl (C=O) groups excluding carboxylic acids is 1. The molecule has 0 aromatic heterocycles. The first-order valence-electron chi connectivity index (χ1n) is 8.33. The molecule has 2 saturated heterocycles. The van der Waals surface area contributed by atoms with Gasteiger partial charge in [0.2, 0.25) is 0 Å². The molecule has 3 atom stereocenters. The van der Waals surface area contributed by atoms with E-state index in [-0.39, 0.29) is 18.1 Å². The monoisotopic (exact) mass is 317 g/mol. The standard InChI is InChI=1S/C19H27NO3/c1-13-19(6,22-13)16(21)20-15(12-14-10-8-7-9-11-14)17(2,3)23-18(20,4)5/h7-11,13,15H,12H2,1-6H3/t13-,15-,19+/m0/s1. The summed E-state index contributed by atoms with van der Waals surface area (Å²) in [7, 11) is 0. The second-order valence-corrected chi connectivity index (χ2v) is 7.90. The van der Waals surface area contributed by atoms with Crippen LogP contribution in [0.3, 0.4) is 0 Å². The third-order valence-electron chi connectivity index (χ3n) is 5.26. The Labute approximate surface area is 138 Å². The number of benzene rings is 1. The first-order valence-corrected chi connectivity index (χ1v) is 8.33. The van der Waals surface area contributed by atoms with Crippen molar-refractivity contribution < 1.29 is 14.3 Å². The van der Waals surface area contributed by atoms with Crippen LogP contribution in [0.2, 0.25) is 0 Å². The molecule has 2 fully saturated rings. The molecule has 4 heteroatoms. The van der Waals surface area contributed by atoms with Crippen LogP contribution in [-0.2, 0) is 20.7 Å². The summed E-state index contributed by atoms with van der Waals surface area (Å²) in [5, 5.41) is 0. The molecule has 1 amide bonds. The highest BCUT2D eigenvalue weighted by Crippen LogP contribution is 2.46. The number of rotatable bonds is 3. The largest absolute Gasteiger partial charge is 0.356 e. The van der Waals surface area contributed by atoms with E-state index < -0.39 is 16.9 Å². The van der Waals surface area contributed by atoms with Gasteiger partial charge in [-0.3, -0.25) is 4.79 Å². The van der Waals surface area contributed by atoms with Gasteiger partial charge < -0.3 is 14.4 Å². The van der Waals surface area contributed by atoms with Crippen LogP contribution in [0.4, 0.5) is 0 Å². The van der Waals surface area contributed by atoms with Crippen molar-refractivity contribution in [2.24, 2.45) is 0 Å². The fourth-order valence-corrected chi connectivity index (χ4v) is 3.80. The Hall–Kier alpha value is -1.39. The zero-order valence-corrected chi connectivity index (χ0v) is 14.9. The Morgan fingerprint density at radius 1 is 1.13 bits per heavy atom. The molecule has 0 saturated carbocycles. The summed E-state index contributed by atoms with van der Waals surface area (Å²) in [6.45, 7) is 11.9. The fraction of sp³-hybridized carbons (Fsp3) is 0.632. The van der Waals surface area contributed by atoms with E-state index in [0.29, 0.717) is 0 Å². The summed E-state index contributed by atoms with van der Waals surface area (Å²) in [6, 6.07) is 10.2. The normalized spacial score (nSPS) is 34.4. The summed E-state index contributed by atoms with van der Waals surface area (Å²) in [5.74, 6) is 0.0292. The number of carbonyl (C=O) groups is 1. The smallest absolute Gasteiger partial charge is 0.259 e. The summed E-state index contributed by atoms with van der Waals surface area (Å²) in [5.41, 5.74) is -0.562. The van der Waals surface area contributed by atoms with Crippen LogP contribution < -0.4 is 0 Å².